The molecule has 3 rings (SSSR count). The average Bonchev–Trinajstić information content (AvgIpc) is 2.83. The molecule has 0 spiro atoms. The summed E-state index contributed by atoms with van der Waals surface area (Å²) in [6.07, 6.45) is 9.56. The Morgan fingerprint density at radius 1 is 1.32 bits per heavy atom. The second kappa shape index (κ2) is 4.96. The molecule has 2 heterocycles. The Bertz CT molecular complexity index is 573. The third-order valence-corrected chi connectivity index (χ3v) is 4.46. The van der Waals surface area contributed by atoms with Gasteiger partial charge in [-0.2, -0.15) is 0 Å². The number of rotatable bonds is 3. The summed E-state index contributed by atoms with van der Waals surface area (Å²) >= 11 is 6.21. The predicted molar refractivity (Wildman–Crippen MR) is 75.7 cm³/mol. The Morgan fingerprint density at radius 3 is 2.84 bits per heavy atom. The van der Waals surface area contributed by atoms with E-state index in [0.717, 1.165) is 30.1 Å². The number of halogens is 1. The number of anilines is 1. The fourth-order valence-electron chi connectivity index (χ4n) is 2.80. The monoisotopic (exact) mass is 279 g/mol. The van der Waals surface area contributed by atoms with E-state index in [1.807, 2.05) is 17.5 Å². The lowest BCUT2D eigenvalue weighted by atomic mass is 9.83. The van der Waals surface area contributed by atoms with Crippen molar-refractivity contribution < 1.29 is 0 Å². The van der Waals surface area contributed by atoms with E-state index in [1.54, 1.807) is 6.20 Å². The minimum atomic E-state index is -0.0471. The predicted octanol–water partition coefficient (Wildman–Crippen LogP) is 2.79. The Hall–Kier alpha value is -1.36. The zero-order valence-corrected chi connectivity index (χ0v) is 11.8. The molecule has 6 heteroatoms. The van der Waals surface area contributed by atoms with Crippen LogP contribution in [0.4, 0.5) is 5.82 Å². The molecule has 1 aliphatic rings. The second-order valence-electron chi connectivity index (χ2n) is 5.32. The molecule has 0 bridgehead atoms. The summed E-state index contributed by atoms with van der Waals surface area (Å²) in [5.41, 5.74) is 0.726. The minimum absolute atomic E-state index is 0.0471. The van der Waals surface area contributed by atoms with Crippen molar-refractivity contribution in [1.82, 2.24) is 19.6 Å². The van der Waals surface area contributed by atoms with Crippen LogP contribution in [-0.2, 0) is 0 Å². The van der Waals surface area contributed by atoms with E-state index in [2.05, 4.69) is 20.5 Å². The van der Waals surface area contributed by atoms with Gasteiger partial charge in [0.05, 0.1) is 5.54 Å². The molecule has 102 valence electrons. The Labute approximate surface area is 117 Å². The molecule has 2 aromatic rings. The van der Waals surface area contributed by atoms with Gasteiger partial charge in [-0.1, -0.05) is 19.3 Å². The summed E-state index contributed by atoms with van der Waals surface area (Å²) < 4.78 is 1.94. The molecule has 2 aromatic heterocycles. The lowest BCUT2D eigenvalue weighted by Crippen LogP contribution is -2.42. The van der Waals surface area contributed by atoms with Gasteiger partial charge in [0.25, 0.3) is 0 Å². The number of aryl methyl sites for hydroxylation is 1. The lowest BCUT2D eigenvalue weighted by Gasteiger charge is -2.36. The molecule has 0 aliphatic heterocycles. The first kappa shape index (κ1) is 12.7. The molecule has 0 radical (unpaired) electrons. The molecule has 0 saturated heterocycles. The van der Waals surface area contributed by atoms with Crippen molar-refractivity contribution in [2.45, 2.75) is 44.6 Å². The van der Waals surface area contributed by atoms with Gasteiger partial charge in [0.2, 0.25) is 5.65 Å². The number of hydrogen-bond acceptors (Lipinski definition) is 4. The van der Waals surface area contributed by atoms with Crippen molar-refractivity contribution in [2.24, 2.45) is 0 Å². The van der Waals surface area contributed by atoms with Gasteiger partial charge in [-0.25, -0.2) is 4.98 Å². The Balaban J connectivity index is 1.95. The summed E-state index contributed by atoms with van der Waals surface area (Å²) in [6, 6.07) is 0. The van der Waals surface area contributed by atoms with Crippen molar-refractivity contribution >= 4 is 23.1 Å². The van der Waals surface area contributed by atoms with Crippen molar-refractivity contribution in [1.29, 1.82) is 0 Å². The highest BCUT2D eigenvalue weighted by molar-refractivity contribution is 6.18. The van der Waals surface area contributed by atoms with Gasteiger partial charge in [-0.05, 0) is 19.8 Å². The normalized spacial score (nSPS) is 18.6. The molecule has 1 N–H and O–H groups in total. The van der Waals surface area contributed by atoms with Crippen molar-refractivity contribution in [3.05, 3.63) is 18.2 Å². The Morgan fingerprint density at radius 2 is 2.11 bits per heavy atom. The SMILES string of the molecule is Cc1nnc2c(NC3(CCl)CCCCC3)nccn12. The van der Waals surface area contributed by atoms with E-state index >= 15 is 0 Å². The highest BCUT2D eigenvalue weighted by atomic mass is 35.5. The van der Waals surface area contributed by atoms with Crippen LogP contribution in [0, 0.1) is 6.92 Å². The van der Waals surface area contributed by atoms with Crippen LogP contribution in [0.3, 0.4) is 0 Å². The standard InChI is InChI=1S/C13H18ClN5/c1-10-17-18-12-11(15-7-8-19(10)12)16-13(9-14)5-3-2-4-6-13/h7-8H,2-6,9H2,1H3,(H,15,16). The highest BCUT2D eigenvalue weighted by Crippen LogP contribution is 2.33. The van der Waals surface area contributed by atoms with Crippen molar-refractivity contribution in [3.63, 3.8) is 0 Å². The third-order valence-electron chi connectivity index (χ3n) is 3.95. The van der Waals surface area contributed by atoms with Crippen molar-refractivity contribution in [2.75, 3.05) is 11.2 Å². The molecule has 0 aromatic carbocycles. The largest absolute Gasteiger partial charge is 0.360 e. The smallest absolute Gasteiger partial charge is 0.203 e. The highest BCUT2D eigenvalue weighted by Gasteiger charge is 2.32. The summed E-state index contributed by atoms with van der Waals surface area (Å²) in [7, 11) is 0. The number of fused-ring (bicyclic) bond motifs is 1. The molecule has 0 amide bonds. The van der Waals surface area contributed by atoms with Crippen LogP contribution in [0.25, 0.3) is 5.65 Å². The maximum Gasteiger partial charge on any atom is 0.203 e. The fourth-order valence-corrected chi connectivity index (χ4v) is 3.14. The van der Waals surface area contributed by atoms with Gasteiger partial charge < -0.3 is 5.32 Å². The van der Waals surface area contributed by atoms with E-state index in [0.29, 0.717) is 5.88 Å². The molecule has 0 unspecified atom stereocenters. The van der Waals surface area contributed by atoms with Crippen LogP contribution in [0.1, 0.15) is 37.9 Å². The van der Waals surface area contributed by atoms with Gasteiger partial charge in [-0.3, -0.25) is 4.40 Å². The van der Waals surface area contributed by atoms with Crippen LogP contribution < -0.4 is 5.32 Å². The first-order valence-electron chi connectivity index (χ1n) is 6.75. The van der Waals surface area contributed by atoms with Crippen molar-refractivity contribution in [3.8, 4) is 0 Å². The van der Waals surface area contributed by atoms with E-state index in [4.69, 9.17) is 11.6 Å². The topological polar surface area (TPSA) is 55.1 Å². The maximum atomic E-state index is 6.21. The minimum Gasteiger partial charge on any atom is -0.360 e. The van der Waals surface area contributed by atoms with E-state index in [9.17, 15) is 0 Å². The number of aromatic nitrogens is 4. The molecular weight excluding hydrogens is 262 g/mol. The number of alkyl halides is 1. The van der Waals surface area contributed by atoms with Crippen LogP contribution in [0.2, 0.25) is 0 Å². The molecule has 19 heavy (non-hydrogen) atoms. The Kier molecular flexibility index (Phi) is 3.31. The van der Waals surface area contributed by atoms with Crippen LogP contribution in [-0.4, -0.2) is 31.0 Å². The van der Waals surface area contributed by atoms with E-state index < -0.39 is 0 Å². The lowest BCUT2D eigenvalue weighted by molar-refractivity contribution is 0.352. The summed E-state index contributed by atoms with van der Waals surface area (Å²) in [6.45, 7) is 1.93. The molecule has 5 nitrogen and oxygen atoms in total. The van der Waals surface area contributed by atoms with Crippen LogP contribution in [0.5, 0.6) is 0 Å². The average molecular weight is 280 g/mol. The summed E-state index contributed by atoms with van der Waals surface area (Å²) in [5.74, 6) is 2.25. The number of nitrogens with zero attached hydrogens (tertiary/aromatic N) is 4. The number of nitrogens with one attached hydrogen (secondary N) is 1. The number of hydrogen-bond donors (Lipinski definition) is 1. The zero-order valence-electron chi connectivity index (χ0n) is 11.1. The quantitative estimate of drug-likeness (QED) is 0.878. The van der Waals surface area contributed by atoms with E-state index in [-0.39, 0.29) is 5.54 Å². The molecule has 1 fully saturated rings. The molecule has 1 saturated carbocycles. The fraction of sp³-hybridized carbons (Fsp3) is 0.615. The molecule has 0 atom stereocenters. The van der Waals surface area contributed by atoms with Gasteiger partial charge in [-0.15, -0.1) is 21.8 Å². The molecular formula is C13H18ClN5. The van der Waals surface area contributed by atoms with Gasteiger partial charge >= 0.3 is 0 Å². The first-order chi connectivity index (χ1) is 9.24. The maximum absolute atomic E-state index is 6.21. The third kappa shape index (κ3) is 2.27. The van der Waals surface area contributed by atoms with Gasteiger partial charge in [0.15, 0.2) is 5.82 Å². The van der Waals surface area contributed by atoms with Crippen LogP contribution in [0.15, 0.2) is 12.4 Å². The van der Waals surface area contributed by atoms with Gasteiger partial charge in [0, 0.05) is 18.3 Å². The van der Waals surface area contributed by atoms with Gasteiger partial charge in [0.1, 0.15) is 5.82 Å². The second-order valence-corrected chi connectivity index (χ2v) is 5.58. The summed E-state index contributed by atoms with van der Waals surface area (Å²) in [5, 5.41) is 11.8. The first-order valence-corrected chi connectivity index (χ1v) is 7.28. The zero-order chi connectivity index (χ0) is 13.3. The van der Waals surface area contributed by atoms with E-state index in [1.165, 1.54) is 19.3 Å². The molecule has 1 aliphatic carbocycles. The summed E-state index contributed by atoms with van der Waals surface area (Å²) in [4.78, 5) is 4.41. The van der Waals surface area contributed by atoms with Crippen LogP contribution >= 0.6 is 11.6 Å².